The number of ether oxygens (including phenoxy) is 1. The number of ketones is 1. The molecule has 84 valence electrons. The summed E-state index contributed by atoms with van der Waals surface area (Å²) in [7, 11) is 0. The summed E-state index contributed by atoms with van der Waals surface area (Å²) in [5.41, 5.74) is 0. The number of aliphatic hydroxyl groups is 1. The lowest BCUT2D eigenvalue weighted by Crippen LogP contribution is -2.16. The third kappa shape index (κ3) is 7.04. The van der Waals surface area contributed by atoms with E-state index in [0.717, 1.165) is 13.0 Å². The summed E-state index contributed by atoms with van der Waals surface area (Å²) >= 11 is 0. The second-order valence-corrected chi connectivity index (χ2v) is 4.08. The zero-order valence-electron chi connectivity index (χ0n) is 9.45. The third-order valence-corrected chi connectivity index (χ3v) is 2.11. The Kier molecular flexibility index (Phi) is 7.71. The fourth-order valence-corrected chi connectivity index (χ4v) is 1.25. The molecule has 0 fully saturated rings. The molecular weight excluding hydrogens is 180 g/mol. The van der Waals surface area contributed by atoms with E-state index in [0.29, 0.717) is 18.9 Å². The van der Waals surface area contributed by atoms with E-state index in [-0.39, 0.29) is 18.3 Å². The quantitative estimate of drug-likeness (QED) is 0.609. The molecule has 1 atom stereocenters. The van der Waals surface area contributed by atoms with Crippen molar-refractivity contribution in [1.29, 1.82) is 0 Å². The molecule has 0 radical (unpaired) electrons. The first-order valence-corrected chi connectivity index (χ1v) is 5.27. The van der Waals surface area contributed by atoms with Crippen LogP contribution in [0.1, 0.15) is 33.6 Å². The van der Waals surface area contributed by atoms with Crippen molar-refractivity contribution in [2.45, 2.75) is 33.6 Å². The number of hydrogen-bond donors (Lipinski definition) is 1. The van der Waals surface area contributed by atoms with E-state index in [1.54, 1.807) is 6.92 Å². The summed E-state index contributed by atoms with van der Waals surface area (Å²) in [6.45, 7) is 7.19. The largest absolute Gasteiger partial charge is 0.396 e. The van der Waals surface area contributed by atoms with Crippen LogP contribution in [0.3, 0.4) is 0 Å². The van der Waals surface area contributed by atoms with Crippen LogP contribution in [-0.2, 0) is 9.53 Å². The van der Waals surface area contributed by atoms with Crippen LogP contribution in [0, 0.1) is 11.8 Å². The number of carbonyl (C=O) groups is 1. The Morgan fingerprint density at radius 1 is 1.36 bits per heavy atom. The van der Waals surface area contributed by atoms with Gasteiger partial charge in [0.2, 0.25) is 0 Å². The zero-order valence-corrected chi connectivity index (χ0v) is 9.45. The zero-order chi connectivity index (χ0) is 11.0. The Labute approximate surface area is 86.5 Å². The van der Waals surface area contributed by atoms with Gasteiger partial charge < -0.3 is 9.84 Å². The molecule has 0 aliphatic rings. The van der Waals surface area contributed by atoms with Gasteiger partial charge in [0.1, 0.15) is 5.78 Å². The van der Waals surface area contributed by atoms with Gasteiger partial charge in [-0.1, -0.05) is 13.8 Å². The van der Waals surface area contributed by atoms with Crippen molar-refractivity contribution in [2.75, 3.05) is 19.8 Å². The van der Waals surface area contributed by atoms with Crippen molar-refractivity contribution in [3.8, 4) is 0 Å². The van der Waals surface area contributed by atoms with Crippen LogP contribution in [0.4, 0.5) is 0 Å². The number of rotatable bonds is 8. The highest BCUT2D eigenvalue weighted by Crippen LogP contribution is 2.09. The Bertz CT molecular complexity index is 155. The molecule has 0 rings (SSSR count). The van der Waals surface area contributed by atoms with Gasteiger partial charge in [-0.05, 0) is 25.7 Å². The first kappa shape index (κ1) is 13.6. The Morgan fingerprint density at radius 2 is 2.00 bits per heavy atom. The van der Waals surface area contributed by atoms with Crippen LogP contribution < -0.4 is 0 Å². The highest BCUT2D eigenvalue weighted by atomic mass is 16.5. The molecule has 0 bridgehead atoms. The standard InChI is InChI=1S/C11H22O3/c1-9(2)8-14-7-5-11(4-6-12)10(3)13/h9,11-12H,4-8H2,1-3H3. The van der Waals surface area contributed by atoms with Gasteiger partial charge in [0.25, 0.3) is 0 Å². The fourth-order valence-electron chi connectivity index (χ4n) is 1.25. The topological polar surface area (TPSA) is 46.5 Å². The number of hydrogen-bond acceptors (Lipinski definition) is 3. The molecule has 3 heteroatoms. The predicted octanol–water partition coefficient (Wildman–Crippen LogP) is 1.64. The summed E-state index contributed by atoms with van der Waals surface area (Å²) < 4.78 is 5.39. The van der Waals surface area contributed by atoms with E-state index >= 15 is 0 Å². The molecule has 0 aliphatic carbocycles. The van der Waals surface area contributed by atoms with Crippen molar-refractivity contribution in [3.63, 3.8) is 0 Å². The van der Waals surface area contributed by atoms with E-state index in [2.05, 4.69) is 13.8 Å². The maximum absolute atomic E-state index is 11.1. The molecule has 1 unspecified atom stereocenters. The third-order valence-electron chi connectivity index (χ3n) is 2.11. The van der Waals surface area contributed by atoms with Gasteiger partial charge in [0.05, 0.1) is 0 Å². The van der Waals surface area contributed by atoms with Crippen LogP contribution in [0.25, 0.3) is 0 Å². The van der Waals surface area contributed by atoms with Gasteiger partial charge in [-0.25, -0.2) is 0 Å². The second-order valence-electron chi connectivity index (χ2n) is 4.08. The van der Waals surface area contributed by atoms with Crippen LogP contribution in [-0.4, -0.2) is 30.7 Å². The van der Waals surface area contributed by atoms with Crippen LogP contribution in [0.15, 0.2) is 0 Å². The predicted molar refractivity (Wildman–Crippen MR) is 56.1 cm³/mol. The Morgan fingerprint density at radius 3 is 2.43 bits per heavy atom. The highest BCUT2D eigenvalue weighted by molar-refractivity contribution is 5.78. The molecule has 0 saturated carbocycles. The van der Waals surface area contributed by atoms with Gasteiger partial charge in [-0.2, -0.15) is 0 Å². The van der Waals surface area contributed by atoms with Gasteiger partial charge in [0, 0.05) is 25.7 Å². The van der Waals surface area contributed by atoms with E-state index in [4.69, 9.17) is 9.84 Å². The van der Waals surface area contributed by atoms with Crippen molar-refractivity contribution >= 4 is 5.78 Å². The molecule has 0 aromatic carbocycles. The van der Waals surface area contributed by atoms with Gasteiger partial charge in [-0.15, -0.1) is 0 Å². The Hall–Kier alpha value is -0.410. The van der Waals surface area contributed by atoms with E-state index in [1.165, 1.54) is 0 Å². The average Bonchev–Trinajstić information content (AvgIpc) is 2.09. The number of aliphatic hydroxyl groups excluding tert-OH is 1. The highest BCUT2D eigenvalue weighted by Gasteiger charge is 2.12. The molecule has 0 amide bonds. The van der Waals surface area contributed by atoms with E-state index in [1.807, 2.05) is 0 Å². The molecule has 1 N–H and O–H groups in total. The summed E-state index contributed by atoms with van der Waals surface area (Å²) in [5, 5.41) is 8.74. The van der Waals surface area contributed by atoms with E-state index < -0.39 is 0 Å². The second kappa shape index (κ2) is 7.94. The fraction of sp³-hybridized carbons (Fsp3) is 0.909. The molecule has 3 nitrogen and oxygen atoms in total. The van der Waals surface area contributed by atoms with Gasteiger partial charge in [0.15, 0.2) is 0 Å². The summed E-state index contributed by atoms with van der Waals surface area (Å²) in [5.74, 6) is 0.642. The summed E-state index contributed by atoms with van der Waals surface area (Å²) in [6.07, 6.45) is 1.28. The van der Waals surface area contributed by atoms with Gasteiger partial charge in [-0.3, -0.25) is 4.79 Å². The van der Waals surface area contributed by atoms with E-state index in [9.17, 15) is 4.79 Å². The SMILES string of the molecule is CC(=O)C(CCO)CCOCC(C)C. The molecule has 14 heavy (non-hydrogen) atoms. The first-order chi connectivity index (χ1) is 6.57. The monoisotopic (exact) mass is 202 g/mol. The lowest BCUT2D eigenvalue weighted by molar-refractivity contribution is -0.121. The average molecular weight is 202 g/mol. The van der Waals surface area contributed by atoms with Crippen molar-refractivity contribution < 1.29 is 14.6 Å². The van der Waals surface area contributed by atoms with Crippen molar-refractivity contribution in [3.05, 3.63) is 0 Å². The van der Waals surface area contributed by atoms with Crippen molar-refractivity contribution in [1.82, 2.24) is 0 Å². The number of Topliss-reactive ketones (excluding diaryl/α,β-unsaturated/α-hetero) is 1. The normalized spacial score (nSPS) is 13.2. The van der Waals surface area contributed by atoms with Crippen LogP contribution in [0.2, 0.25) is 0 Å². The minimum absolute atomic E-state index is 0.0350. The molecule has 0 aromatic heterocycles. The molecule has 0 aromatic rings. The lowest BCUT2D eigenvalue weighted by Gasteiger charge is -2.13. The minimum Gasteiger partial charge on any atom is -0.396 e. The maximum atomic E-state index is 11.1. The van der Waals surface area contributed by atoms with Gasteiger partial charge >= 0.3 is 0 Å². The first-order valence-electron chi connectivity index (χ1n) is 5.27. The molecule has 0 heterocycles. The molecule has 0 aliphatic heterocycles. The smallest absolute Gasteiger partial charge is 0.133 e. The Balaban J connectivity index is 3.56. The molecule has 0 saturated heterocycles. The maximum Gasteiger partial charge on any atom is 0.133 e. The number of carbonyl (C=O) groups excluding carboxylic acids is 1. The van der Waals surface area contributed by atoms with Crippen LogP contribution >= 0.6 is 0 Å². The molecular formula is C11H22O3. The summed E-state index contributed by atoms with van der Waals surface area (Å²) in [4.78, 5) is 11.1. The van der Waals surface area contributed by atoms with Crippen molar-refractivity contribution in [2.24, 2.45) is 11.8 Å². The molecule has 0 spiro atoms. The van der Waals surface area contributed by atoms with Crippen LogP contribution in [0.5, 0.6) is 0 Å². The summed E-state index contributed by atoms with van der Waals surface area (Å²) in [6, 6.07) is 0. The lowest BCUT2D eigenvalue weighted by atomic mass is 9.98. The minimum atomic E-state index is -0.0350.